The summed E-state index contributed by atoms with van der Waals surface area (Å²) < 4.78 is 18.1. The van der Waals surface area contributed by atoms with Gasteiger partial charge in [0.1, 0.15) is 5.82 Å². The van der Waals surface area contributed by atoms with E-state index in [9.17, 15) is 14.0 Å². The number of rotatable bonds is 7. The molecule has 5 rings (SSSR count). The second-order valence-corrected chi connectivity index (χ2v) is 9.09. The fourth-order valence-electron chi connectivity index (χ4n) is 6.18. The Morgan fingerprint density at radius 1 is 1.13 bits per heavy atom. The highest BCUT2D eigenvalue weighted by atomic mass is 19.1. The molecule has 0 heterocycles. The second kappa shape index (κ2) is 8.59. The van der Waals surface area contributed by atoms with Crippen molar-refractivity contribution in [3.8, 4) is 6.07 Å². The lowest BCUT2D eigenvalue weighted by Crippen LogP contribution is -2.62. The number of esters is 1. The van der Waals surface area contributed by atoms with Gasteiger partial charge in [-0.05, 0) is 80.1 Å². The molecule has 5 nitrogen and oxygen atoms in total. The maximum atomic E-state index is 13.1. The molecule has 0 aromatic heterocycles. The van der Waals surface area contributed by atoms with Crippen molar-refractivity contribution in [1.82, 2.24) is 4.90 Å². The molecule has 1 amide bonds. The standard InChI is InChI=1S/C24H27FN2O3/c25-21-5-2-17(3-6-21)4-7-23(29)30-16-22(28)27(9-1-8-26)24-13-18-10-19(14-24)12-20(11-18)15-24/h2-7,18-20H,1,9-16H2/b7-4+. The molecule has 4 bridgehead atoms. The zero-order valence-corrected chi connectivity index (χ0v) is 17.1. The van der Waals surface area contributed by atoms with E-state index in [1.54, 1.807) is 12.1 Å². The maximum absolute atomic E-state index is 13.1. The fourth-order valence-corrected chi connectivity index (χ4v) is 6.18. The number of nitriles is 1. The van der Waals surface area contributed by atoms with Gasteiger partial charge in [0.05, 0.1) is 12.5 Å². The third-order valence-corrected chi connectivity index (χ3v) is 6.95. The summed E-state index contributed by atoms with van der Waals surface area (Å²) in [6.07, 6.45) is 9.88. The number of amides is 1. The Morgan fingerprint density at radius 3 is 2.30 bits per heavy atom. The van der Waals surface area contributed by atoms with E-state index in [2.05, 4.69) is 6.07 Å². The monoisotopic (exact) mass is 410 g/mol. The van der Waals surface area contributed by atoms with Crippen LogP contribution in [0.1, 0.15) is 50.5 Å². The predicted molar refractivity (Wildman–Crippen MR) is 109 cm³/mol. The molecule has 4 saturated carbocycles. The lowest BCUT2D eigenvalue weighted by Gasteiger charge is -2.60. The Labute approximate surface area is 176 Å². The van der Waals surface area contributed by atoms with Gasteiger partial charge in [-0.3, -0.25) is 4.79 Å². The molecule has 0 N–H and O–H groups in total. The molecule has 4 aliphatic rings. The van der Waals surface area contributed by atoms with Crippen LogP contribution in [0, 0.1) is 34.9 Å². The van der Waals surface area contributed by atoms with E-state index < -0.39 is 5.97 Å². The Kier molecular flexibility index (Phi) is 5.90. The summed E-state index contributed by atoms with van der Waals surface area (Å²) in [5, 5.41) is 9.09. The van der Waals surface area contributed by atoms with Gasteiger partial charge in [-0.2, -0.15) is 5.26 Å². The zero-order chi connectivity index (χ0) is 21.1. The van der Waals surface area contributed by atoms with Crippen LogP contribution in [-0.2, 0) is 14.3 Å². The first-order valence-corrected chi connectivity index (χ1v) is 10.8. The summed E-state index contributed by atoms with van der Waals surface area (Å²) in [7, 11) is 0. The predicted octanol–water partition coefficient (Wildman–Crippen LogP) is 4.09. The molecule has 4 fully saturated rings. The summed E-state index contributed by atoms with van der Waals surface area (Å²) in [5.41, 5.74) is 0.503. The number of hydrogen-bond donors (Lipinski definition) is 0. The summed E-state index contributed by atoms with van der Waals surface area (Å²) in [5.74, 6) is 0.857. The third kappa shape index (κ3) is 4.40. The number of benzene rings is 1. The first-order chi connectivity index (χ1) is 14.5. The van der Waals surface area contributed by atoms with Crippen molar-refractivity contribution in [2.75, 3.05) is 13.2 Å². The zero-order valence-electron chi connectivity index (χ0n) is 17.1. The fraction of sp³-hybridized carbons (Fsp3) is 0.542. The van der Waals surface area contributed by atoms with Gasteiger partial charge in [-0.15, -0.1) is 0 Å². The average molecular weight is 410 g/mol. The quantitative estimate of drug-likeness (QED) is 0.501. The molecular formula is C24H27FN2O3. The van der Waals surface area contributed by atoms with Crippen molar-refractivity contribution in [1.29, 1.82) is 5.26 Å². The van der Waals surface area contributed by atoms with Crippen LogP contribution in [0.25, 0.3) is 6.08 Å². The van der Waals surface area contributed by atoms with Crippen LogP contribution in [0.3, 0.4) is 0 Å². The van der Waals surface area contributed by atoms with Crippen LogP contribution in [0.2, 0.25) is 0 Å². The Bertz CT molecular complexity index is 836. The Balaban J connectivity index is 1.38. The molecule has 0 aliphatic heterocycles. The molecular weight excluding hydrogens is 383 g/mol. The average Bonchev–Trinajstić information content (AvgIpc) is 2.71. The highest BCUT2D eigenvalue weighted by molar-refractivity contribution is 5.89. The van der Waals surface area contributed by atoms with Crippen molar-refractivity contribution in [3.05, 3.63) is 41.7 Å². The molecule has 6 heteroatoms. The maximum Gasteiger partial charge on any atom is 0.331 e. The first kappa shape index (κ1) is 20.6. The van der Waals surface area contributed by atoms with Gasteiger partial charge >= 0.3 is 5.97 Å². The minimum atomic E-state index is -0.613. The minimum absolute atomic E-state index is 0.168. The third-order valence-electron chi connectivity index (χ3n) is 6.95. The van der Waals surface area contributed by atoms with E-state index >= 15 is 0 Å². The molecule has 0 unspecified atom stereocenters. The van der Waals surface area contributed by atoms with Gasteiger partial charge in [-0.1, -0.05) is 12.1 Å². The lowest BCUT2D eigenvalue weighted by atomic mass is 9.52. The Hall–Kier alpha value is -2.68. The van der Waals surface area contributed by atoms with Crippen molar-refractivity contribution >= 4 is 18.0 Å². The van der Waals surface area contributed by atoms with E-state index in [0.29, 0.717) is 29.9 Å². The number of nitrogens with zero attached hydrogens (tertiary/aromatic N) is 2. The molecule has 1 aromatic rings. The first-order valence-electron chi connectivity index (χ1n) is 10.8. The minimum Gasteiger partial charge on any atom is -0.452 e. The van der Waals surface area contributed by atoms with Crippen LogP contribution < -0.4 is 0 Å². The van der Waals surface area contributed by atoms with Gasteiger partial charge in [-0.25, -0.2) is 9.18 Å². The SMILES string of the molecule is N#CCCN(C(=O)COC(=O)/C=C/c1ccc(F)cc1)C12CC3CC(CC(C3)C1)C2. The number of carbonyl (C=O) groups excluding carboxylic acids is 2. The molecule has 0 atom stereocenters. The van der Waals surface area contributed by atoms with Gasteiger partial charge in [0.15, 0.2) is 6.61 Å². The van der Waals surface area contributed by atoms with Gasteiger partial charge in [0.2, 0.25) is 0 Å². The highest BCUT2D eigenvalue weighted by Crippen LogP contribution is 2.57. The van der Waals surface area contributed by atoms with E-state index in [4.69, 9.17) is 10.00 Å². The molecule has 0 radical (unpaired) electrons. The van der Waals surface area contributed by atoms with Crippen molar-refractivity contribution in [2.24, 2.45) is 17.8 Å². The molecule has 0 spiro atoms. The number of ether oxygens (including phenoxy) is 1. The van der Waals surface area contributed by atoms with Crippen LogP contribution in [-0.4, -0.2) is 35.5 Å². The second-order valence-electron chi connectivity index (χ2n) is 9.09. The van der Waals surface area contributed by atoms with Crippen LogP contribution in [0.5, 0.6) is 0 Å². The van der Waals surface area contributed by atoms with Crippen LogP contribution in [0.15, 0.2) is 30.3 Å². The lowest BCUT2D eigenvalue weighted by molar-refractivity contribution is -0.160. The van der Waals surface area contributed by atoms with Crippen molar-refractivity contribution in [2.45, 2.75) is 50.5 Å². The van der Waals surface area contributed by atoms with Gasteiger partial charge in [0.25, 0.3) is 5.91 Å². The summed E-state index contributed by atoms with van der Waals surface area (Å²) in [4.78, 5) is 27.0. The number of carbonyl (C=O) groups is 2. The van der Waals surface area contributed by atoms with Crippen molar-refractivity contribution < 1.29 is 18.7 Å². The number of hydrogen-bond acceptors (Lipinski definition) is 4. The normalized spacial score (nSPS) is 29.0. The van der Waals surface area contributed by atoms with Gasteiger partial charge < -0.3 is 9.64 Å². The van der Waals surface area contributed by atoms with E-state index in [0.717, 1.165) is 19.3 Å². The summed E-state index contributed by atoms with van der Waals surface area (Å²) >= 11 is 0. The highest BCUT2D eigenvalue weighted by Gasteiger charge is 2.54. The topological polar surface area (TPSA) is 70.4 Å². The largest absolute Gasteiger partial charge is 0.452 e. The molecule has 4 aliphatic carbocycles. The van der Waals surface area contributed by atoms with Crippen LogP contribution in [0.4, 0.5) is 4.39 Å². The van der Waals surface area contributed by atoms with E-state index in [-0.39, 0.29) is 30.3 Å². The molecule has 30 heavy (non-hydrogen) atoms. The molecule has 0 saturated heterocycles. The van der Waals surface area contributed by atoms with E-state index in [1.165, 1.54) is 43.5 Å². The van der Waals surface area contributed by atoms with Gasteiger partial charge in [0, 0.05) is 18.2 Å². The summed E-state index contributed by atoms with van der Waals surface area (Å²) in [6.45, 7) is 0.0736. The van der Waals surface area contributed by atoms with Crippen molar-refractivity contribution in [3.63, 3.8) is 0 Å². The smallest absolute Gasteiger partial charge is 0.331 e. The van der Waals surface area contributed by atoms with E-state index in [1.807, 2.05) is 4.90 Å². The molecule has 158 valence electrons. The Morgan fingerprint density at radius 2 is 1.73 bits per heavy atom. The summed E-state index contributed by atoms with van der Waals surface area (Å²) in [6, 6.07) is 7.89. The van der Waals surface area contributed by atoms with Crippen LogP contribution >= 0.6 is 0 Å². The number of halogens is 1. The molecule has 1 aromatic carbocycles.